The van der Waals surface area contributed by atoms with Gasteiger partial charge in [-0.2, -0.15) is 0 Å². The largest absolute Gasteiger partial charge is 0.103 e. The summed E-state index contributed by atoms with van der Waals surface area (Å²) in [7, 11) is 0. The van der Waals surface area contributed by atoms with Gasteiger partial charge in [-0.25, -0.2) is 0 Å². The number of hydrogen-bond donors (Lipinski definition) is 0. The molecule has 0 aliphatic carbocycles. The monoisotopic (exact) mass is 138 g/mol. The molecule has 0 aromatic rings. The van der Waals surface area contributed by atoms with E-state index >= 15 is 0 Å². The molecular formula is C10H18. The van der Waals surface area contributed by atoms with E-state index in [0.29, 0.717) is 11.8 Å². The molecule has 0 amide bonds. The van der Waals surface area contributed by atoms with Gasteiger partial charge in [-0.1, -0.05) is 26.0 Å². The van der Waals surface area contributed by atoms with E-state index in [9.17, 15) is 0 Å². The maximum Gasteiger partial charge on any atom is -0.0176 e. The molecule has 0 aromatic carbocycles. The van der Waals surface area contributed by atoms with Gasteiger partial charge in [-0.3, -0.25) is 0 Å². The van der Waals surface area contributed by atoms with Crippen LogP contribution in [0.4, 0.5) is 0 Å². The van der Waals surface area contributed by atoms with Gasteiger partial charge >= 0.3 is 0 Å². The molecule has 0 heterocycles. The highest BCUT2D eigenvalue weighted by Crippen LogP contribution is 2.20. The maximum absolute atomic E-state index is 3.80. The second-order valence-electron chi connectivity index (χ2n) is 2.62. The molecule has 2 unspecified atom stereocenters. The van der Waals surface area contributed by atoms with Crippen LogP contribution in [0.5, 0.6) is 0 Å². The van der Waals surface area contributed by atoms with E-state index in [1.54, 1.807) is 0 Å². The molecule has 0 heteroatoms. The molecule has 0 fully saturated rings. The molecule has 0 spiro atoms. The first-order valence-electron chi connectivity index (χ1n) is 4.05. The molecule has 0 aliphatic heterocycles. The van der Waals surface area contributed by atoms with Crippen molar-refractivity contribution in [1.82, 2.24) is 0 Å². The summed E-state index contributed by atoms with van der Waals surface area (Å²) in [5.41, 5.74) is 0. The van der Waals surface area contributed by atoms with Crippen LogP contribution in [-0.4, -0.2) is 0 Å². The maximum atomic E-state index is 3.80. The predicted molar refractivity (Wildman–Crippen MR) is 48.0 cm³/mol. The van der Waals surface area contributed by atoms with E-state index < -0.39 is 0 Å². The zero-order chi connectivity index (χ0) is 7.98. The molecule has 0 N–H and O–H groups in total. The zero-order valence-corrected chi connectivity index (χ0v) is 7.14. The second-order valence-corrected chi connectivity index (χ2v) is 2.62. The van der Waals surface area contributed by atoms with E-state index in [1.165, 1.54) is 12.8 Å². The Bertz CT molecular complexity index is 88.6. The van der Waals surface area contributed by atoms with Crippen molar-refractivity contribution in [2.45, 2.75) is 26.7 Å². The Morgan fingerprint density at radius 2 is 1.30 bits per heavy atom. The molecule has 58 valence electrons. The van der Waals surface area contributed by atoms with E-state index in [-0.39, 0.29) is 0 Å². The summed E-state index contributed by atoms with van der Waals surface area (Å²) in [6.07, 6.45) is 6.42. The number of hydrogen-bond acceptors (Lipinski definition) is 0. The van der Waals surface area contributed by atoms with Crippen LogP contribution in [0.25, 0.3) is 0 Å². The molecule has 2 atom stereocenters. The van der Waals surface area contributed by atoms with Crippen molar-refractivity contribution in [1.29, 1.82) is 0 Å². The minimum atomic E-state index is 0.627. The van der Waals surface area contributed by atoms with Gasteiger partial charge < -0.3 is 0 Å². The Morgan fingerprint density at radius 3 is 1.40 bits per heavy atom. The van der Waals surface area contributed by atoms with Crippen molar-refractivity contribution in [3.63, 3.8) is 0 Å². The molecule has 0 rings (SSSR count). The van der Waals surface area contributed by atoms with E-state index in [1.807, 2.05) is 12.2 Å². The van der Waals surface area contributed by atoms with Crippen molar-refractivity contribution in [2.24, 2.45) is 11.8 Å². The summed E-state index contributed by atoms with van der Waals surface area (Å²) in [5.74, 6) is 1.25. The summed E-state index contributed by atoms with van der Waals surface area (Å²) in [4.78, 5) is 0. The van der Waals surface area contributed by atoms with Crippen molar-refractivity contribution in [3.05, 3.63) is 25.3 Å². The Kier molecular flexibility index (Phi) is 5.00. The Morgan fingerprint density at radius 1 is 1.00 bits per heavy atom. The average Bonchev–Trinajstić information content (AvgIpc) is 2.00. The summed E-state index contributed by atoms with van der Waals surface area (Å²) >= 11 is 0. The van der Waals surface area contributed by atoms with Crippen LogP contribution in [0, 0.1) is 11.8 Å². The predicted octanol–water partition coefficient (Wildman–Crippen LogP) is 3.41. The van der Waals surface area contributed by atoms with Crippen LogP contribution in [-0.2, 0) is 0 Å². The van der Waals surface area contributed by atoms with Gasteiger partial charge in [0.05, 0.1) is 0 Å². The Balaban J connectivity index is 3.93. The SMILES string of the molecule is C=CC(CC)C(C=C)CC. The van der Waals surface area contributed by atoms with Crippen LogP contribution < -0.4 is 0 Å². The third kappa shape index (κ3) is 2.38. The van der Waals surface area contributed by atoms with Gasteiger partial charge in [-0.15, -0.1) is 13.2 Å². The second kappa shape index (κ2) is 5.28. The summed E-state index contributed by atoms with van der Waals surface area (Å²) in [5, 5.41) is 0. The lowest BCUT2D eigenvalue weighted by molar-refractivity contribution is 0.451. The zero-order valence-electron chi connectivity index (χ0n) is 7.14. The van der Waals surface area contributed by atoms with Crippen LogP contribution in [0.15, 0.2) is 25.3 Å². The van der Waals surface area contributed by atoms with Crippen LogP contribution >= 0.6 is 0 Å². The fourth-order valence-electron chi connectivity index (χ4n) is 1.29. The lowest BCUT2D eigenvalue weighted by atomic mass is 9.88. The average molecular weight is 138 g/mol. The van der Waals surface area contributed by atoms with Crippen LogP contribution in [0.1, 0.15) is 26.7 Å². The molecule has 0 aliphatic rings. The van der Waals surface area contributed by atoms with Gasteiger partial charge in [0.2, 0.25) is 0 Å². The first-order chi connectivity index (χ1) is 4.79. The van der Waals surface area contributed by atoms with Crippen molar-refractivity contribution in [2.75, 3.05) is 0 Å². The minimum Gasteiger partial charge on any atom is -0.103 e. The Hall–Kier alpha value is -0.520. The summed E-state index contributed by atoms with van der Waals surface area (Å²) in [6, 6.07) is 0. The highest BCUT2D eigenvalue weighted by Gasteiger charge is 2.10. The minimum absolute atomic E-state index is 0.627. The van der Waals surface area contributed by atoms with E-state index in [0.717, 1.165) is 0 Å². The van der Waals surface area contributed by atoms with Crippen LogP contribution in [0.2, 0.25) is 0 Å². The highest BCUT2D eigenvalue weighted by molar-refractivity contribution is 4.91. The van der Waals surface area contributed by atoms with Gasteiger partial charge in [0, 0.05) is 0 Å². The number of rotatable bonds is 5. The highest BCUT2D eigenvalue weighted by atomic mass is 14.1. The molecule has 0 saturated carbocycles. The fourth-order valence-corrected chi connectivity index (χ4v) is 1.29. The third-order valence-electron chi connectivity index (χ3n) is 2.10. The fraction of sp³-hybridized carbons (Fsp3) is 0.600. The molecule has 0 radical (unpaired) electrons. The lowest BCUT2D eigenvalue weighted by Gasteiger charge is -2.17. The first kappa shape index (κ1) is 9.48. The topological polar surface area (TPSA) is 0 Å². The molecule has 0 aromatic heterocycles. The van der Waals surface area contributed by atoms with Gasteiger partial charge in [-0.05, 0) is 24.7 Å². The summed E-state index contributed by atoms with van der Waals surface area (Å²) < 4.78 is 0. The van der Waals surface area contributed by atoms with Crippen molar-refractivity contribution < 1.29 is 0 Å². The normalized spacial score (nSPS) is 15.8. The van der Waals surface area contributed by atoms with E-state index in [2.05, 4.69) is 27.0 Å². The lowest BCUT2D eigenvalue weighted by Crippen LogP contribution is -2.07. The number of allylic oxidation sites excluding steroid dienone is 2. The molecule has 10 heavy (non-hydrogen) atoms. The standard InChI is InChI=1S/C10H18/c1-5-9(6-2)10(7-3)8-4/h5,7,9-10H,1,3,6,8H2,2,4H3. The van der Waals surface area contributed by atoms with Crippen molar-refractivity contribution >= 4 is 0 Å². The molecular weight excluding hydrogens is 120 g/mol. The third-order valence-corrected chi connectivity index (χ3v) is 2.10. The quantitative estimate of drug-likeness (QED) is 0.511. The Labute approximate surface area is 64.6 Å². The molecule has 0 saturated heterocycles. The van der Waals surface area contributed by atoms with Crippen LogP contribution in [0.3, 0.4) is 0 Å². The first-order valence-corrected chi connectivity index (χ1v) is 4.05. The van der Waals surface area contributed by atoms with Crippen molar-refractivity contribution in [3.8, 4) is 0 Å². The molecule has 0 nitrogen and oxygen atoms in total. The molecule has 0 bridgehead atoms. The van der Waals surface area contributed by atoms with Gasteiger partial charge in [0.25, 0.3) is 0 Å². The van der Waals surface area contributed by atoms with Gasteiger partial charge in [0.1, 0.15) is 0 Å². The summed E-state index contributed by atoms with van der Waals surface area (Å²) in [6.45, 7) is 12.0. The smallest absolute Gasteiger partial charge is 0.0176 e. The van der Waals surface area contributed by atoms with Gasteiger partial charge in [0.15, 0.2) is 0 Å². The van der Waals surface area contributed by atoms with E-state index in [4.69, 9.17) is 0 Å².